The Balaban J connectivity index is 1.92. The van der Waals surface area contributed by atoms with E-state index in [9.17, 15) is 18.0 Å². The van der Waals surface area contributed by atoms with Crippen LogP contribution in [-0.2, 0) is 4.79 Å². The smallest absolute Gasteiger partial charge is 0.450 e. The Kier molecular flexibility index (Phi) is 5.71. The van der Waals surface area contributed by atoms with Crippen LogP contribution in [0.5, 0.6) is 5.75 Å². The highest BCUT2D eigenvalue weighted by Crippen LogP contribution is 2.24. The van der Waals surface area contributed by atoms with E-state index in [1.54, 1.807) is 19.1 Å². The summed E-state index contributed by atoms with van der Waals surface area (Å²) in [6.07, 6.45) is -1.91. The van der Waals surface area contributed by atoms with E-state index in [2.05, 4.69) is 26.0 Å². The third-order valence-electron chi connectivity index (χ3n) is 2.97. The van der Waals surface area contributed by atoms with Crippen molar-refractivity contribution in [2.24, 2.45) is 0 Å². The van der Waals surface area contributed by atoms with Gasteiger partial charge in [0, 0.05) is 6.08 Å². The number of hydrogen-bond donors (Lipinski definition) is 1. The van der Waals surface area contributed by atoms with Crippen LogP contribution in [-0.4, -0.2) is 12.3 Å². The van der Waals surface area contributed by atoms with Crippen LogP contribution in [0.4, 0.5) is 13.2 Å². The van der Waals surface area contributed by atoms with Crippen molar-refractivity contribution in [1.82, 2.24) is 5.32 Å². The van der Waals surface area contributed by atoms with Gasteiger partial charge in [-0.2, -0.15) is 0 Å². The maximum absolute atomic E-state index is 12.1. The van der Waals surface area contributed by atoms with E-state index in [1.807, 2.05) is 0 Å². The van der Waals surface area contributed by atoms with Crippen molar-refractivity contribution in [2.75, 3.05) is 0 Å². The second-order valence-electron chi connectivity index (χ2n) is 4.82. The Labute approximate surface area is 144 Å². The molecule has 2 aromatic rings. The predicted molar refractivity (Wildman–Crippen MR) is 85.1 cm³/mol. The maximum atomic E-state index is 12.1. The van der Waals surface area contributed by atoms with Crippen LogP contribution in [0, 0.1) is 0 Å². The number of benzene rings is 1. The van der Waals surface area contributed by atoms with Crippen LogP contribution in [0.25, 0.3) is 6.08 Å². The number of carbonyl (C=O) groups excluding carboxylic acids is 1. The number of alkyl halides is 3. The third-order valence-corrected chi connectivity index (χ3v) is 3.39. The minimum atomic E-state index is -4.73. The molecule has 0 radical (unpaired) electrons. The molecular weight excluding hydrogens is 391 g/mol. The van der Waals surface area contributed by atoms with E-state index in [-0.39, 0.29) is 17.7 Å². The minimum absolute atomic E-state index is 0.312. The quantitative estimate of drug-likeness (QED) is 0.727. The van der Waals surface area contributed by atoms with Crippen molar-refractivity contribution >= 4 is 27.9 Å². The van der Waals surface area contributed by atoms with Crippen LogP contribution in [0.1, 0.15) is 24.3 Å². The van der Waals surface area contributed by atoms with Crippen LogP contribution >= 0.6 is 15.9 Å². The molecule has 0 fully saturated rings. The van der Waals surface area contributed by atoms with Gasteiger partial charge in [-0.15, -0.1) is 13.2 Å². The molecule has 1 aromatic heterocycles. The monoisotopic (exact) mass is 403 g/mol. The van der Waals surface area contributed by atoms with Gasteiger partial charge in [-0.3, -0.25) is 4.79 Å². The Hall–Kier alpha value is -2.22. The maximum Gasteiger partial charge on any atom is 0.573 e. The number of furan rings is 1. The van der Waals surface area contributed by atoms with Gasteiger partial charge in [0.2, 0.25) is 5.91 Å². The van der Waals surface area contributed by atoms with Gasteiger partial charge in [-0.05, 0) is 58.8 Å². The van der Waals surface area contributed by atoms with Crippen molar-refractivity contribution in [3.05, 3.63) is 58.5 Å². The summed E-state index contributed by atoms with van der Waals surface area (Å²) >= 11 is 3.15. The molecule has 4 nitrogen and oxygen atoms in total. The number of nitrogens with one attached hydrogen (secondary N) is 1. The zero-order valence-electron chi connectivity index (χ0n) is 12.4. The number of hydrogen-bond acceptors (Lipinski definition) is 3. The molecule has 0 aliphatic rings. The number of halogens is 4. The van der Waals surface area contributed by atoms with E-state index < -0.39 is 6.36 Å². The van der Waals surface area contributed by atoms with Crippen LogP contribution in [0.2, 0.25) is 0 Å². The summed E-state index contributed by atoms with van der Waals surface area (Å²) < 4.78 is 45.9. The molecule has 24 heavy (non-hydrogen) atoms. The van der Waals surface area contributed by atoms with Gasteiger partial charge in [0.1, 0.15) is 11.5 Å². The first-order chi connectivity index (χ1) is 11.2. The average molecular weight is 404 g/mol. The first-order valence-corrected chi connectivity index (χ1v) is 7.62. The molecule has 0 aliphatic heterocycles. The normalized spacial score (nSPS) is 13.0. The summed E-state index contributed by atoms with van der Waals surface area (Å²) in [4.78, 5) is 11.8. The van der Waals surface area contributed by atoms with Gasteiger partial charge in [0.05, 0.1) is 6.04 Å². The molecular formula is C16H13BrF3NO3. The molecule has 2 rings (SSSR count). The summed E-state index contributed by atoms with van der Waals surface area (Å²) in [5.74, 6) is -0.156. The van der Waals surface area contributed by atoms with Gasteiger partial charge in [-0.1, -0.05) is 12.1 Å². The highest BCUT2D eigenvalue weighted by atomic mass is 79.9. The van der Waals surface area contributed by atoms with Crippen LogP contribution in [0.15, 0.2) is 51.6 Å². The van der Waals surface area contributed by atoms with Crippen molar-refractivity contribution in [3.63, 3.8) is 0 Å². The summed E-state index contributed by atoms with van der Waals surface area (Å²) in [7, 11) is 0. The Morgan fingerprint density at radius 2 is 1.92 bits per heavy atom. The van der Waals surface area contributed by atoms with Crippen molar-refractivity contribution < 1.29 is 27.1 Å². The minimum Gasteiger partial charge on any atom is -0.450 e. The first kappa shape index (κ1) is 18.1. The van der Waals surface area contributed by atoms with Crippen molar-refractivity contribution in [1.29, 1.82) is 0 Å². The summed E-state index contributed by atoms with van der Waals surface area (Å²) in [6.45, 7) is 1.72. The number of rotatable bonds is 5. The van der Waals surface area contributed by atoms with Crippen molar-refractivity contribution in [3.8, 4) is 5.75 Å². The van der Waals surface area contributed by atoms with Gasteiger partial charge in [-0.25, -0.2) is 0 Å². The van der Waals surface area contributed by atoms with E-state index in [0.717, 1.165) is 0 Å². The molecule has 0 saturated heterocycles. The lowest BCUT2D eigenvalue weighted by Crippen LogP contribution is -2.24. The molecule has 1 atom stereocenters. The molecule has 0 spiro atoms. The Morgan fingerprint density at radius 3 is 2.46 bits per heavy atom. The SMILES string of the molecule is CC(NC(=O)/C=C/c1ccc(Br)o1)c1ccc(OC(F)(F)F)cc1. The summed E-state index contributed by atoms with van der Waals surface area (Å²) in [6, 6.07) is 8.31. The van der Waals surface area contributed by atoms with Gasteiger partial charge >= 0.3 is 6.36 Å². The fourth-order valence-corrected chi connectivity index (χ4v) is 2.20. The zero-order chi connectivity index (χ0) is 17.7. The number of carbonyl (C=O) groups is 1. The van der Waals surface area contributed by atoms with Crippen LogP contribution < -0.4 is 10.1 Å². The van der Waals surface area contributed by atoms with E-state index >= 15 is 0 Å². The first-order valence-electron chi connectivity index (χ1n) is 6.82. The van der Waals surface area contributed by atoms with Gasteiger partial charge in [0.15, 0.2) is 4.67 Å². The molecule has 1 heterocycles. The molecule has 128 valence electrons. The Bertz CT molecular complexity index is 723. The molecule has 8 heteroatoms. The molecule has 0 bridgehead atoms. The number of ether oxygens (including phenoxy) is 1. The lowest BCUT2D eigenvalue weighted by Gasteiger charge is -2.14. The second kappa shape index (κ2) is 7.57. The third kappa shape index (κ3) is 5.77. The highest BCUT2D eigenvalue weighted by molar-refractivity contribution is 9.10. The summed E-state index contributed by atoms with van der Waals surface area (Å²) in [5.41, 5.74) is 0.645. The van der Waals surface area contributed by atoms with E-state index in [4.69, 9.17) is 4.42 Å². The lowest BCUT2D eigenvalue weighted by atomic mass is 10.1. The molecule has 1 N–H and O–H groups in total. The average Bonchev–Trinajstić information content (AvgIpc) is 2.90. The lowest BCUT2D eigenvalue weighted by molar-refractivity contribution is -0.274. The highest BCUT2D eigenvalue weighted by Gasteiger charge is 2.31. The van der Waals surface area contributed by atoms with Gasteiger partial charge < -0.3 is 14.5 Å². The van der Waals surface area contributed by atoms with E-state index in [1.165, 1.54) is 36.4 Å². The fourth-order valence-electron chi connectivity index (χ4n) is 1.88. The number of amides is 1. The van der Waals surface area contributed by atoms with Crippen molar-refractivity contribution in [2.45, 2.75) is 19.3 Å². The van der Waals surface area contributed by atoms with E-state index in [0.29, 0.717) is 16.0 Å². The molecule has 0 aliphatic carbocycles. The fraction of sp³-hybridized carbons (Fsp3) is 0.188. The second-order valence-corrected chi connectivity index (χ2v) is 5.60. The Morgan fingerprint density at radius 1 is 1.25 bits per heavy atom. The molecule has 1 unspecified atom stereocenters. The largest absolute Gasteiger partial charge is 0.573 e. The molecule has 1 aromatic carbocycles. The standard InChI is InChI=1S/C16H13BrF3NO3/c1-10(11-2-4-13(5-3-11)24-16(18,19)20)21-15(22)9-7-12-6-8-14(17)23-12/h2-10H,1H3,(H,21,22)/b9-7+. The predicted octanol–water partition coefficient (Wildman–Crippen LogP) is 4.83. The summed E-state index contributed by atoms with van der Waals surface area (Å²) in [5, 5.41) is 2.70. The molecule has 0 saturated carbocycles. The van der Waals surface area contributed by atoms with Crippen LogP contribution in [0.3, 0.4) is 0 Å². The zero-order valence-corrected chi connectivity index (χ0v) is 14.0. The van der Waals surface area contributed by atoms with Gasteiger partial charge in [0.25, 0.3) is 0 Å². The molecule has 1 amide bonds. The topological polar surface area (TPSA) is 51.5 Å².